The first kappa shape index (κ1) is 33.3. The standard InChI is InChI=1S/C34H32F4N4O5/c1-3-46-31-22(16-29(39)43)15-28(42-30(31)20-4-7-23(35)8-5-20)33(45,34(36,37)38)18-41-32(44)21-6-11-27(47-24-9-10-24)26(14-21)25-12-13-40-17-19(25)2/h4-8,11-15,17,24,45H,3,9-10,16,18H2,1-2H3,(H2,39,43)(H,41,44)/t33-/m0/s1. The van der Waals surface area contributed by atoms with Crippen LogP contribution in [0.25, 0.3) is 22.4 Å². The van der Waals surface area contributed by atoms with Crippen LogP contribution in [0.3, 0.4) is 0 Å². The monoisotopic (exact) mass is 652 g/mol. The average Bonchev–Trinajstić information content (AvgIpc) is 3.85. The minimum atomic E-state index is -5.36. The summed E-state index contributed by atoms with van der Waals surface area (Å²) >= 11 is 0. The van der Waals surface area contributed by atoms with Crippen LogP contribution in [0, 0.1) is 12.7 Å². The van der Waals surface area contributed by atoms with Crippen LogP contribution >= 0.6 is 0 Å². The number of nitrogens with zero attached hydrogens (tertiary/aromatic N) is 2. The molecule has 1 atom stereocenters. The molecular formula is C34H32F4N4O5. The van der Waals surface area contributed by atoms with E-state index in [0.717, 1.165) is 42.2 Å². The zero-order valence-corrected chi connectivity index (χ0v) is 25.5. The number of hydrogen-bond acceptors (Lipinski definition) is 7. The third-order valence-electron chi connectivity index (χ3n) is 7.59. The highest BCUT2D eigenvalue weighted by atomic mass is 19.4. The van der Waals surface area contributed by atoms with Crippen LogP contribution in [0.1, 0.15) is 46.9 Å². The number of aryl methyl sites for hydroxylation is 1. The van der Waals surface area contributed by atoms with E-state index in [9.17, 15) is 32.3 Å². The zero-order valence-electron chi connectivity index (χ0n) is 25.5. The minimum Gasteiger partial charge on any atom is -0.491 e. The van der Waals surface area contributed by atoms with Crippen molar-refractivity contribution in [2.45, 2.75) is 51.0 Å². The maximum atomic E-state index is 14.7. The van der Waals surface area contributed by atoms with Crippen LogP contribution in [-0.2, 0) is 16.8 Å². The second kappa shape index (κ2) is 13.4. The summed E-state index contributed by atoms with van der Waals surface area (Å²) in [5.41, 5.74) is 2.73. The van der Waals surface area contributed by atoms with E-state index >= 15 is 0 Å². The Hall–Kier alpha value is -5.04. The molecule has 0 saturated heterocycles. The highest BCUT2D eigenvalue weighted by molar-refractivity contribution is 5.96. The number of primary amides is 1. The number of ether oxygens (including phenoxy) is 2. The van der Waals surface area contributed by atoms with Crippen molar-refractivity contribution in [2.24, 2.45) is 5.73 Å². The van der Waals surface area contributed by atoms with Gasteiger partial charge in [0, 0.05) is 34.6 Å². The molecule has 13 heteroatoms. The molecule has 0 aliphatic heterocycles. The summed E-state index contributed by atoms with van der Waals surface area (Å²) in [4.78, 5) is 33.5. The van der Waals surface area contributed by atoms with Gasteiger partial charge in [0.15, 0.2) is 0 Å². The van der Waals surface area contributed by atoms with Crippen LogP contribution in [-0.4, -0.2) is 52.3 Å². The lowest BCUT2D eigenvalue weighted by molar-refractivity contribution is -0.265. The summed E-state index contributed by atoms with van der Waals surface area (Å²) in [7, 11) is 0. The van der Waals surface area contributed by atoms with Gasteiger partial charge in [0.25, 0.3) is 5.91 Å². The van der Waals surface area contributed by atoms with Crippen LogP contribution in [0.5, 0.6) is 11.5 Å². The molecule has 4 aromatic rings. The van der Waals surface area contributed by atoms with E-state index in [1.54, 1.807) is 31.5 Å². The number of rotatable bonds is 12. The van der Waals surface area contributed by atoms with Gasteiger partial charge in [0.2, 0.25) is 11.5 Å². The van der Waals surface area contributed by atoms with Crippen molar-refractivity contribution in [1.29, 1.82) is 0 Å². The van der Waals surface area contributed by atoms with Crippen LogP contribution in [0.2, 0.25) is 0 Å². The zero-order chi connectivity index (χ0) is 33.9. The molecule has 2 amide bonds. The number of aliphatic hydroxyl groups is 1. The van der Waals surface area contributed by atoms with Gasteiger partial charge in [-0.3, -0.25) is 14.6 Å². The van der Waals surface area contributed by atoms with Crippen LogP contribution in [0.4, 0.5) is 17.6 Å². The highest BCUT2D eigenvalue weighted by Gasteiger charge is 2.56. The number of hydrogen-bond donors (Lipinski definition) is 3. The molecule has 2 aromatic heterocycles. The van der Waals surface area contributed by atoms with Gasteiger partial charge in [-0.15, -0.1) is 0 Å². The van der Waals surface area contributed by atoms with Gasteiger partial charge in [0.1, 0.15) is 23.0 Å². The van der Waals surface area contributed by atoms with E-state index in [2.05, 4.69) is 15.3 Å². The molecule has 1 aliphatic rings. The third kappa shape index (κ3) is 7.35. The van der Waals surface area contributed by atoms with E-state index in [-0.39, 0.29) is 40.8 Å². The largest absolute Gasteiger partial charge is 0.491 e. The van der Waals surface area contributed by atoms with Crippen molar-refractivity contribution in [2.75, 3.05) is 13.2 Å². The normalized spacial score (nSPS) is 14.3. The lowest BCUT2D eigenvalue weighted by Crippen LogP contribution is -2.51. The fourth-order valence-electron chi connectivity index (χ4n) is 5.00. The van der Waals surface area contributed by atoms with Gasteiger partial charge in [-0.25, -0.2) is 9.37 Å². The Kier molecular flexibility index (Phi) is 9.48. The molecule has 47 heavy (non-hydrogen) atoms. The Morgan fingerprint density at radius 1 is 1.06 bits per heavy atom. The summed E-state index contributed by atoms with van der Waals surface area (Å²) in [6.45, 7) is 2.16. The van der Waals surface area contributed by atoms with Gasteiger partial charge in [-0.05, 0) is 92.4 Å². The molecule has 1 aliphatic carbocycles. The molecule has 0 unspecified atom stereocenters. The molecule has 1 saturated carbocycles. The number of halogens is 4. The molecule has 246 valence electrons. The Balaban J connectivity index is 1.53. The topological polar surface area (TPSA) is 137 Å². The lowest BCUT2D eigenvalue weighted by atomic mass is 9.93. The number of aromatic nitrogens is 2. The van der Waals surface area contributed by atoms with Crippen molar-refractivity contribution < 1.29 is 41.7 Å². The predicted octanol–water partition coefficient (Wildman–Crippen LogP) is 5.41. The van der Waals surface area contributed by atoms with Gasteiger partial charge in [0.05, 0.1) is 31.4 Å². The van der Waals surface area contributed by atoms with Gasteiger partial charge in [-0.1, -0.05) is 0 Å². The molecule has 2 aromatic carbocycles. The fourth-order valence-corrected chi connectivity index (χ4v) is 5.00. The van der Waals surface area contributed by atoms with Gasteiger partial charge < -0.3 is 25.6 Å². The minimum absolute atomic E-state index is 0.0185. The predicted molar refractivity (Wildman–Crippen MR) is 164 cm³/mol. The Labute approximate surface area is 267 Å². The molecule has 0 radical (unpaired) electrons. The summed E-state index contributed by atoms with van der Waals surface area (Å²) in [6, 6.07) is 11.8. The first-order valence-electron chi connectivity index (χ1n) is 14.8. The molecule has 1 fully saturated rings. The summed E-state index contributed by atoms with van der Waals surface area (Å²) in [6.07, 6.45) is -0.873. The van der Waals surface area contributed by atoms with Crippen molar-refractivity contribution in [3.05, 3.63) is 95.2 Å². The molecule has 5 rings (SSSR count). The quantitative estimate of drug-likeness (QED) is 0.174. The average molecular weight is 653 g/mol. The smallest absolute Gasteiger partial charge is 0.424 e. The van der Waals surface area contributed by atoms with Gasteiger partial charge >= 0.3 is 6.18 Å². The highest BCUT2D eigenvalue weighted by Crippen LogP contribution is 2.42. The maximum absolute atomic E-state index is 14.7. The van der Waals surface area contributed by atoms with E-state index in [1.807, 2.05) is 6.92 Å². The van der Waals surface area contributed by atoms with Crippen molar-refractivity contribution >= 4 is 11.8 Å². The summed E-state index contributed by atoms with van der Waals surface area (Å²) in [5, 5.41) is 13.5. The van der Waals surface area contributed by atoms with E-state index in [0.29, 0.717) is 11.3 Å². The van der Waals surface area contributed by atoms with Crippen molar-refractivity contribution in [3.8, 4) is 33.9 Å². The number of carbonyl (C=O) groups excluding carboxylic acids is 2. The number of alkyl halides is 3. The molecule has 0 bridgehead atoms. The molecule has 4 N–H and O–H groups in total. The first-order valence-corrected chi connectivity index (χ1v) is 14.8. The molecule has 9 nitrogen and oxygen atoms in total. The number of pyridine rings is 2. The summed E-state index contributed by atoms with van der Waals surface area (Å²) in [5.74, 6) is -1.93. The van der Waals surface area contributed by atoms with E-state index in [1.165, 1.54) is 24.3 Å². The second-order valence-corrected chi connectivity index (χ2v) is 11.2. The lowest BCUT2D eigenvalue weighted by Gasteiger charge is -2.31. The van der Waals surface area contributed by atoms with Crippen LogP contribution < -0.4 is 20.5 Å². The molecule has 2 heterocycles. The first-order chi connectivity index (χ1) is 22.3. The Morgan fingerprint density at radius 2 is 1.79 bits per heavy atom. The van der Waals surface area contributed by atoms with E-state index < -0.39 is 48.1 Å². The number of nitrogens with one attached hydrogen (secondary N) is 1. The second-order valence-electron chi connectivity index (χ2n) is 11.2. The number of carbonyl (C=O) groups is 2. The number of benzene rings is 2. The van der Waals surface area contributed by atoms with Gasteiger partial charge in [-0.2, -0.15) is 13.2 Å². The Bertz CT molecular complexity index is 1790. The van der Waals surface area contributed by atoms with Crippen LogP contribution in [0.15, 0.2) is 67.0 Å². The third-order valence-corrected chi connectivity index (χ3v) is 7.59. The molecule has 0 spiro atoms. The Morgan fingerprint density at radius 3 is 2.40 bits per heavy atom. The summed E-state index contributed by atoms with van der Waals surface area (Å²) < 4.78 is 69.6. The van der Waals surface area contributed by atoms with E-state index in [4.69, 9.17) is 15.2 Å². The number of nitrogens with two attached hydrogens (primary N) is 1. The van der Waals surface area contributed by atoms with Crippen molar-refractivity contribution in [3.63, 3.8) is 0 Å². The molecular weight excluding hydrogens is 620 g/mol. The van der Waals surface area contributed by atoms with Crippen molar-refractivity contribution in [1.82, 2.24) is 15.3 Å². The number of amides is 2. The maximum Gasteiger partial charge on any atom is 0.424 e. The SMILES string of the molecule is CCOc1c(CC(N)=O)cc([C@@](O)(CNC(=O)c2ccc(OC3CC3)c(-c3ccncc3C)c2)C(F)(F)F)nc1-c1ccc(F)cc1. The fraction of sp³-hybridized carbons (Fsp3) is 0.294.